The van der Waals surface area contributed by atoms with Crippen LogP contribution < -0.4 is 4.90 Å². The van der Waals surface area contributed by atoms with Gasteiger partial charge in [-0.05, 0) is 64.1 Å². The highest BCUT2D eigenvalue weighted by Gasteiger charge is 2.35. The lowest BCUT2D eigenvalue weighted by atomic mass is 9.73. The van der Waals surface area contributed by atoms with Crippen LogP contribution in [0.15, 0.2) is 4.42 Å². The number of hydrogen-bond donors (Lipinski definition) is 0. The lowest BCUT2D eigenvalue weighted by molar-refractivity contribution is 0.108. The minimum atomic E-state index is 0.563. The maximum Gasteiger partial charge on any atom is 0.318 e. The Morgan fingerprint density at radius 2 is 1.81 bits per heavy atom. The molecule has 3 heterocycles. The number of hydrogen-bond acceptors (Lipinski definition) is 5. The normalized spacial score (nSPS) is 23.4. The lowest BCUT2D eigenvalue weighted by Gasteiger charge is -2.40. The van der Waals surface area contributed by atoms with E-state index in [0.29, 0.717) is 5.41 Å². The van der Waals surface area contributed by atoms with Crippen LogP contribution in [0, 0.1) is 5.41 Å². The van der Waals surface area contributed by atoms with Crippen molar-refractivity contribution < 1.29 is 4.42 Å². The molecule has 2 aliphatic rings. The van der Waals surface area contributed by atoms with E-state index >= 15 is 0 Å². The fraction of sp³-hybridized carbons (Fsp3) is 0.875. The van der Waals surface area contributed by atoms with Crippen molar-refractivity contribution in [1.82, 2.24) is 15.1 Å². The lowest BCUT2D eigenvalue weighted by Crippen LogP contribution is -2.38. The molecular formula is C16H28N4O. The van der Waals surface area contributed by atoms with Crippen molar-refractivity contribution in [3.05, 3.63) is 5.89 Å². The van der Waals surface area contributed by atoms with E-state index < -0.39 is 0 Å². The first-order valence-corrected chi connectivity index (χ1v) is 8.47. The Bertz CT molecular complexity index is 451. The smallest absolute Gasteiger partial charge is 0.318 e. The quantitative estimate of drug-likeness (QED) is 0.857. The summed E-state index contributed by atoms with van der Waals surface area (Å²) in [6.07, 6.45) is 8.51. The highest BCUT2D eigenvalue weighted by atomic mass is 16.4. The molecule has 0 aromatic carbocycles. The van der Waals surface area contributed by atoms with Crippen molar-refractivity contribution in [1.29, 1.82) is 0 Å². The summed E-state index contributed by atoms with van der Waals surface area (Å²) in [6, 6.07) is 0.739. The van der Waals surface area contributed by atoms with Crippen LogP contribution in [0.4, 0.5) is 6.01 Å². The SMILES string of the molecule is CCCc1nnc(N2CCCC3(CCN(C)CC3)CC2)o1. The van der Waals surface area contributed by atoms with E-state index in [1.54, 1.807) is 0 Å². The maximum absolute atomic E-state index is 5.81. The first kappa shape index (κ1) is 14.8. The Morgan fingerprint density at radius 3 is 2.57 bits per heavy atom. The van der Waals surface area contributed by atoms with Crippen LogP contribution in [0.1, 0.15) is 51.3 Å². The molecule has 0 amide bonds. The van der Waals surface area contributed by atoms with Crippen molar-refractivity contribution in [2.24, 2.45) is 5.41 Å². The van der Waals surface area contributed by atoms with Gasteiger partial charge in [0.15, 0.2) is 0 Å². The fourth-order valence-corrected chi connectivity index (χ4v) is 3.73. The highest BCUT2D eigenvalue weighted by molar-refractivity contribution is 5.24. The summed E-state index contributed by atoms with van der Waals surface area (Å²) in [5.41, 5.74) is 0.563. The Kier molecular flexibility index (Phi) is 4.48. The van der Waals surface area contributed by atoms with E-state index in [2.05, 4.69) is 34.0 Å². The van der Waals surface area contributed by atoms with Gasteiger partial charge in [0.25, 0.3) is 0 Å². The molecule has 0 saturated carbocycles. The number of likely N-dealkylation sites (tertiary alicyclic amines) is 1. The van der Waals surface area contributed by atoms with Crippen molar-refractivity contribution in [3.8, 4) is 0 Å². The van der Waals surface area contributed by atoms with Gasteiger partial charge in [0.05, 0.1) is 0 Å². The third-order valence-corrected chi connectivity index (χ3v) is 5.29. The van der Waals surface area contributed by atoms with E-state index in [9.17, 15) is 0 Å². The topological polar surface area (TPSA) is 45.4 Å². The zero-order valence-electron chi connectivity index (χ0n) is 13.5. The molecule has 0 atom stereocenters. The van der Waals surface area contributed by atoms with E-state index in [-0.39, 0.29) is 0 Å². The van der Waals surface area contributed by atoms with Gasteiger partial charge in [-0.2, -0.15) is 0 Å². The second-order valence-electron chi connectivity index (χ2n) is 6.87. The molecule has 0 N–H and O–H groups in total. The molecule has 5 heteroatoms. The molecule has 0 bridgehead atoms. The second-order valence-corrected chi connectivity index (χ2v) is 6.87. The van der Waals surface area contributed by atoms with Gasteiger partial charge in [0.2, 0.25) is 5.89 Å². The molecule has 0 aliphatic carbocycles. The molecule has 118 valence electrons. The molecule has 21 heavy (non-hydrogen) atoms. The van der Waals surface area contributed by atoms with Crippen LogP contribution in [0.5, 0.6) is 0 Å². The van der Waals surface area contributed by atoms with Crippen molar-refractivity contribution in [2.75, 3.05) is 38.1 Å². The van der Waals surface area contributed by atoms with Gasteiger partial charge in [0.1, 0.15) is 0 Å². The number of rotatable bonds is 3. The van der Waals surface area contributed by atoms with Crippen LogP contribution in [-0.2, 0) is 6.42 Å². The van der Waals surface area contributed by atoms with E-state index in [1.807, 2.05) is 0 Å². The summed E-state index contributed by atoms with van der Waals surface area (Å²) in [7, 11) is 2.24. The minimum absolute atomic E-state index is 0.563. The predicted octanol–water partition coefficient (Wildman–Crippen LogP) is 2.72. The Balaban J connectivity index is 1.62. The fourth-order valence-electron chi connectivity index (χ4n) is 3.73. The predicted molar refractivity (Wildman–Crippen MR) is 83.5 cm³/mol. The van der Waals surface area contributed by atoms with Crippen LogP contribution in [0.2, 0.25) is 0 Å². The molecule has 1 spiro atoms. The monoisotopic (exact) mass is 292 g/mol. The summed E-state index contributed by atoms with van der Waals surface area (Å²) < 4.78 is 5.81. The van der Waals surface area contributed by atoms with Gasteiger partial charge in [-0.15, -0.1) is 5.10 Å². The standard InChI is InChI=1S/C16H28N4O/c1-3-5-14-17-18-15(21-14)20-10-4-6-16(9-13-20)7-11-19(2)12-8-16/h3-13H2,1-2H3. The molecule has 0 radical (unpaired) electrons. The summed E-state index contributed by atoms with van der Waals surface area (Å²) in [4.78, 5) is 4.77. The van der Waals surface area contributed by atoms with Crippen molar-refractivity contribution in [3.63, 3.8) is 0 Å². The number of aryl methyl sites for hydroxylation is 1. The number of nitrogens with zero attached hydrogens (tertiary/aromatic N) is 4. The average molecular weight is 292 g/mol. The van der Waals surface area contributed by atoms with Gasteiger partial charge in [-0.1, -0.05) is 12.0 Å². The van der Waals surface area contributed by atoms with Crippen LogP contribution in [0.3, 0.4) is 0 Å². The second kappa shape index (κ2) is 6.34. The van der Waals surface area contributed by atoms with Crippen molar-refractivity contribution >= 4 is 6.01 Å². The Hall–Kier alpha value is -1.10. The maximum atomic E-state index is 5.81. The van der Waals surface area contributed by atoms with Gasteiger partial charge < -0.3 is 14.2 Å². The summed E-state index contributed by atoms with van der Waals surface area (Å²) >= 11 is 0. The Morgan fingerprint density at radius 1 is 1.05 bits per heavy atom. The molecule has 2 fully saturated rings. The van der Waals surface area contributed by atoms with Gasteiger partial charge in [0, 0.05) is 19.5 Å². The van der Waals surface area contributed by atoms with Gasteiger partial charge in [-0.3, -0.25) is 0 Å². The first-order chi connectivity index (χ1) is 10.2. The molecule has 0 unspecified atom stereocenters. The number of aromatic nitrogens is 2. The summed E-state index contributed by atoms with van der Waals surface area (Å²) in [5, 5.41) is 8.41. The van der Waals surface area contributed by atoms with E-state index in [4.69, 9.17) is 4.42 Å². The van der Waals surface area contributed by atoms with E-state index in [1.165, 1.54) is 45.2 Å². The number of anilines is 1. The van der Waals surface area contributed by atoms with Gasteiger partial charge in [-0.25, -0.2) is 0 Å². The molecule has 1 aromatic heterocycles. The molecule has 2 aliphatic heterocycles. The zero-order chi connectivity index (χ0) is 14.7. The largest absolute Gasteiger partial charge is 0.408 e. The van der Waals surface area contributed by atoms with E-state index in [0.717, 1.165) is 37.8 Å². The van der Waals surface area contributed by atoms with Crippen LogP contribution in [0.25, 0.3) is 0 Å². The van der Waals surface area contributed by atoms with Crippen molar-refractivity contribution in [2.45, 2.75) is 51.9 Å². The third-order valence-electron chi connectivity index (χ3n) is 5.29. The average Bonchev–Trinajstić information content (AvgIpc) is 2.85. The number of piperidine rings is 1. The van der Waals surface area contributed by atoms with Crippen LogP contribution >= 0.6 is 0 Å². The molecular weight excluding hydrogens is 264 g/mol. The molecule has 5 nitrogen and oxygen atoms in total. The van der Waals surface area contributed by atoms with Crippen LogP contribution in [-0.4, -0.2) is 48.3 Å². The first-order valence-electron chi connectivity index (χ1n) is 8.47. The Labute approximate surface area is 127 Å². The summed E-state index contributed by atoms with van der Waals surface area (Å²) in [5.74, 6) is 0.783. The third kappa shape index (κ3) is 3.39. The highest BCUT2D eigenvalue weighted by Crippen LogP contribution is 2.41. The summed E-state index contributed by atoms with van der Waals surface area (Å²) in [6.45, 7) is 6.77. The zero-order valence-corrected chi connectivity index (χ0v) is 13.5. The molecule has 1 aromatic rings. The minimum Gasteiger partial charge on any atom is -0.408 e. The molecule has 2 saturated heterocycles. The molecule has 3 rings (SSSR count). The van der Waals surface area contributed by atoms with Gasteiger partial charge >= 0.3 is 6.01 Å².